The minimum absolute atomic E-state index is 0.196. The van der Waals surface area contributed by atoms with Crippen molar-refractivity contribution < 1.29 is 8.42 Å². The van der Waals surface area contributed by atoms with Crippen molar-refractivity contribution in [1.82, 2.24) is 19.3 Å². The molecule has 0 radical (unpaired) electrons. The van der Waals surface area contributed by atoms with E-state index in [0.717, 1.165) is 24.0 Å². The van der Waals surface area contributed by atoms with Crippen molar-refractivity contribution >= 4 is 26.7 Å². The summed E-state index contributed by atoms with van der Waals surface area (Å²) in [6.07, 6.45) is 6.25. The molecular weight excluding hydrogens is 350 g/mol. The smallest absolute Gasteiger partial charge is 0.245 e. The average Bonchev–Trinajstić information content (AvgIpc) is 2.69. The molecule has 0 unspecified atom stereocenters. The van der Waals surface area contributed by atoms with E-state index in [-0.39, 0.29) is 10.9 Å². The van der Waals surface area contributed by atoms with Crippen molar-refractivity contribution in [3.8, 4) is 0 Å². The molecule has 1 saturated heterocycles. The number of piperidine rings is 1. The molecule has 26 heavy (non-hydrogen) atoms. The van der Waals surface area contributed by atoms with Gasteiger partial charge in [-0.2, -0.15) is 4.31 Å². The maximum atomic E-state index is 13.1. The van der Waals surface area contributed by atoms with Crippen molar-refractivity contribution in [3.05, 3.63) is 55.1 Å². The van der Waals surface area contributed by atoms with E-state index in [0.29, 0.717) is 18.6 Å². The summed E-state index contributed by atoms with van der Waals surface area (Å²) in [5.41, 5.74) is 0.524. The third-order valence-electron chi connectivity index (χ3n) is 4.60. The third kappa shape index (κ3) is 3.25. The highest BCUT2D eigenvalue weighted by molar-refractivity contribution is 7.89. The lowest BCUT2D eigenvalue weighted by Crippen LogP contribution is -2.42. The second-order valence-corrected chi connectivity index (χ2v) is 8.15. The summed E-state index contributed by atoms with van der Waals surface area (Å²) in [6.45, 7) is 0.933. The van der Waals surface area contributed by atoms with Crippen molar-refractivity contribution in [2.45, 2.75) is 23.8 Å². The van der Waals surface area contributed by atoms with Crippen LogP contribution < -0.4 is 5.32 Å². The highest BCUT2D eigenvalue weighted by atomic mass is 32.2. The lowest BCUT2D eigenvalue weighted by molar-refractivity contribution is 0.329. The van der Waals surface area contributed by atoms with Crippen LogP contribution in [0.4, 0.5) is 5.82 Å². The van der Waals surface area contributed by atoms with Gasteiger partial charge in [0.15, 0.2) is 0 Å². The molecule has 0 aliphatic carbocycles. The van der Waals surface area contributed by atoms with E-state index in [9.17, 15) is 8.42 Å². The number of para-hydroxylation sites is 1. The standard InChI is InChI=1S/C18H19N5O2S/c24-26(25,16-5-1-3-14-4-2-9-20-18(14)16)23-11-7-15(8-12-23)22-17-6-10-19-13-21-17/h1-6,9-10,13,15H,7-8,11-12H2,(H,19,21,22). The predicted octanol–water partition coefficient (Wildman–Crippen LogP) is 2.29. The van der Waals surface area contributed by atoms with Crippen molar-refractivity contribution in [2.24, 2.45) is 0 Å². The molecule has 1 aliphatic heterocycles. The number of hydrogen-bond acceptors (Lipinski definition) is 6. The zero-order chi connectivity index (χ0) is 18.0. The van der Waals surface area contributed by atoms with E-state index in [2.05, 4.69) is 20.3 Å². The van der Waals surface area contributed by atoms with Gasteiger partial charge in [0.2, 0.25) is 10.0 Å². The third-order valence-corrected chi connectivity index (χ3v) is 6.53. The normalized spacial score (nSPS) is 16.6. The van der Waals surface area contributed by atoms with Gasteiger partial charge in [-0.15, -0.1) is 0 Å². The van der Waals surface area contributed by atoms with Crippen LogP contribution in [-0.4, -0.2) is 46.8 Å². The number of benzene rings is 1. The molecule has 1 fully saturated rings. The van der Waals surface area contributed by atoms with Gasteiger partial charge in [0.1, 0.15) is 17.0 Å². The van der Waals surface area contributed by atoms with E-state index in [1.165, 1.54) is 6.33 Å². The molecule has 1 aromatic carbocycles. The number of sulfonamides is 1. The summed E-state index contributed by atoms with van der Waals surface area (Å²) in [4.78, 5) is 12.6. The number of aromatic nitrogens is 3. The first-order chi connectivity index (χ1) is 12.6. The van der Waals surface area contributed by atoms with Crippen LogP contribution in [0.25, 0.3) is 10.9 Å². The van der Waals surface area contributed by atoms with Crippen LogP contribution in [-0.2, 0) is 10.0 Å². The molecule has 0 bridgehead atoms. The van der Waals surface area contributed by atoms with E-state index in [1.54, 1.807) is 28.8 Å². The van der Waals surface area contributed by atoms with Crippen LogP contribution in [0.3, 0.4) is 0 Å². The molecule has 0 saturated carbocycles. The summed E-state index contributed by atoms with van der Waals surface area (Å²) in [7, 11) is -3.57. The lowest BCUT2D eigenvalue weighted by atomic mass is 10.1. The topological polar surface area (TPSA) is 88.1 Å². The number of rotatable bonds is 4. The quantitative estimate of drug-likeness (QED) is 0.759. The molecule has 134 valence electrons. The molecule has 3 aromatic rings. The second-order valence-electron chi connectivity index (χ2n) is 6.25. The van der Waals surface area contributed by atoms with Crippen LogP contribution in [0.1, 0.15) is 12.8 Å². The summed E-state index contributed by atoms with van der Waals surface area (Å²) in [6, 6.07) is 11.0. The van der Waals surface area contributed by atoms with E-state index in [1.807, 2.05) is 24.3 Å². The van der Waals surface area contributed by atoms with Crippen LogP contribution in [0.2, 0.25) is 0 Å². The Morgan fingerprint density at radius 3 is 2.58 bits per heavy atom. The van der Waals surface area contributed by atoms with Gasteiger partial charge in [0, 0.05) is 36.9 Å². The Kier molecular flexibility index (Phi) is 4.52. The Balaban J connectivity index is 1.51. The van der Waals surface area contributed by atoms with Gasteiger partial charge in [0.05, 0.1) is 5.52 Å². The largest absolute Gasteiger partial charge is 0.367 e. The summed E-state index contributed by atoms with van der Waals surface area (Å²) in [5.74, 6) is 0.763. The van der Waals surface area contributed by atoms with Gasteiger partial charge < -0.3 is 5.32 Å². The van der Waals surface area contributed by atoms with E-state index in [4.69, 9.17) is 0 Å². The molecule has 1 aliphatic rings. The molecule has 8 heteroatoms. The Morgan fingerprint density at radius 2 is 1.81 bits per heavy atom. The zero-order valence-electron chi connectivity index (χ0n) is 14.1. The van der Waals surface area contributed by atoms with Crippen molar-refractivity contribution in [1.29, 1.82) is 0 Å². The lowest BCUT2D eigenvalue weighted by Gasteiger charge is -2.32. The molecule has 4 rings (SSSR count). The van der Waals surface area contributed by atoms with Gasteiger partial charge in [-0.3, -0.25) is 4.98 Å². The Bertz CT molecular complexity index is 997. The number of hydrogen-bond donors (Lipinski definition) is 1. The SMILES string of the molecule is O=S(=O)(c1cccc2cccnc12)N1CCC(Nc2ccncn2)CC1. The number of nitrogens with one attached hydrogen (secondary N) is 1. The number of nitrogens with zero attached hydrogens (tertiary/aromatic N) is 4. The molecule has 1 N–H and O–H groups in total. The maximum Gasteiger partial charge on any atom is 0.245 e. The first kappa shape index (κ1) is 16.9. The predicted molar refractivity (Wildman–Crippen MR) is 99.2 cm³/mol. The van der Waals surface area contributed by atoms with Gasteiger partial charge in [-0.25, -0.2) is 18.4 Å². The van der Waals surface area contributed by atoms with Gasteiger partial charge in [-0.05, 0) is 31.0 Å². The minimum Gasteiger partial charge on any atom is -0.367 e. The van der Waals surface area contributed by atoms with Crippen molar-refractivity contribution in [3.63, 3.8) is 0 Å². The second kappa shape index (κ2) is 6.97. The number of pyridine rings is 1. The van der Waals surface area contributed by atoms with Gasteiger partial charge in [0.25, 0.3) is 0 Å². The summed E-state index contributed by atoms with van der Waals surface area (Å²) < 4.78 is 27.8. The first-order valence-corrected chi connectivity index (χ1v) is 9.95. The van der Waals surface area contributed by atoms with E-state index < -0.39 is 10.0 Å². The molecule has 2 aromatic heterocycles. The first-order valence-electron chi connectivity index (χ1n) is 8.51. The fraction of sp³-hybridized carbons (Fsp3) is 0.278. The Hall–Kier alpha value is -2.58. The molecule has 0 amide bonds. The van der Waals surface area contributed by atoms with Gasteiger partial charge in [-0.1, -0.05) is 18.2 Å². The average molecular weight is 369 g/mol. The highest BCUT2D eigenvalue weighted by Crippen LogP contribution is 2.26. The monoisotopic (exact) mass is 369 g/mol. The Labute approximate surface area is 152 Å². The molecule has 0 atom stereocenters. The number of anilines is 1. The zero-order valence-corrected chi connectivity index (χ0v) is 14.9. The van der Waals surface area contributed by atoms with E-state index >= 15 is 0 Å². The fourth-order valence-corrected chi connectivity index (χ4v) is 4.88. The van der Waals surface area contributed by atoms with Crippen LogP contribution in [0, 0.1) is 0 Å². The Morgan fingerprint density at radius 1 is 1.00 bits per heavy atom. The molecule has 0 spiro atoms. The van der Waals surface area contributed by atoms with Crippen LogP contribution in [0.5, 0.6) is 0 Å². The number of fused-ring (bicyclic) bond motifs is 1. The van der Waals surface area contributed by atoms with Gasteiger partial charge >= 0.3 is 0 Å². The van der Waals surface area contributed by atoms with Crippen molar-refractivity contribution in [2.75, 3.05) is 18.4 Å². The fourth-order valence-electron chi connectivity index (χ4n) is 3.25. The molecular formula is C18H19N5O2S. The molecule has 7 nitrogen and oxygen atoms in total. The minimum atomic E-state index is -3.57. The maximum absolute atomic E-state index is 13.1. The van der Waals surface area contributed by atoms with Crippen LogP contribution >= 0.6 is 0 Å². The summed E-state index contributed by atoms with van der Waals surface area (Å²) in [5, 5.41) is 4.16. The highest BCUT2D eigenvalue weighted by Gasteiger charge is 2.30. The molecule has 3 heterocycles. The summed E-state index contributed by atoms with van der Waals surface area (Å²) >= 11 is 0. The van der Waals surface area contributed by atoms with Crippen LogP contribution in [0.15, 0.2) is 60.0 Å².